The molecule has 5 heteroatoms. The van der Waals surface area contributed by atoms with Crippen LogP contribution in [0.4, 0.5) is 5.69 Å². The monoisotopic (exact) mass is 437 g/mol. The summed E-state index contributed by atoms with van der Waals surface area (Å²) in [6, 6.07) is 20.3. The van der Waals surface area contributed by atoms with E-state index in [1.165, 1.54) is 18.4 Å². The summed E-state index contributed by atoms with van der Waals surface area (Å²) < 4.78 is 0. The number of anilines is 1. The molecule has 1 unspecified atom stereocenters. The smallest absolute Gasteiger partial charge is 0.269 e. The average Bonchev–Trinajstić information content (AvgIpc) is 3.55. The second kappa shape index (κ2) is 7.55. The summed E-state index contributed by atoms with van der Waals surface area (Å²) in [6.45, 7) is 0.619. The molecule has 1 atom stereocenters. The van der Waals surface area contributed by atoms with E-state index in [9.17, 15) is 9.59 Å². The number of benzene rings is 2. The van der Waals surface area contributed by atoms with E-state index in [0.717, 1.165) is 35.2 Å². The zero-order valence-corrected chi connectivity index (χ0v) is 18.6. The highest BCUT2D eigenvalue weighted by atomic mass is 16.2. The Labute approximate surface area is 193 Å². The van der Waals surface area contributed by atoms with Crippen molar-refractivity contribution >= 4 is 17.5 Å². The average molecular weight is 438 g/mol. The SMILES string of the molecule is O=C(NCC1(c2ccccc2)CCCC1)c1cc2c(cn1)CC1(C2)C(=O)Nc2ccccc21. The minimum atomic E-state index is -0.586. The first-order valence-electron chi connectivity index (χ1n) is 11.8. The van der Waals surface area contributed by atoms with Crippen LogP contribution >= 0.6 is 0 Å². The molecule has 3 aliphatic rings. The standard InChI is InChI=1S/C28H27N3O2/c32-25(30-18-27(12-6-7-13-27)21-8-2-1-3-9-21)24-14-19-15-28(16-20(19)17-29-24)22-10-4-5-11-23(22)31-26(28)33/h1-5,8-11,14,17H,6-7,12-13,15-16,18H2,(H,30,32)(H,31,33). The Hall–Kier alpha value is -3.47. The third-order valence-electron chi connectivity index (χ3n) is 7.96. The lowest BCUT2D eigenvalue weighted by atomic mass is 9.79. The maximum Gasteiger partial charge on any atom is 0.269 e. The van der Waals surface area contributed by atoms with Crippen molar-refractivity contribution in [3.8, 4) is 0 Å². The Kier molecular flexibility index (Phi) is 4.61. The van der Waals surface area contributed by atoms with E-state index >= 15 is 0 Å². The molecule has 1 aromatic heterocycles. The lowest BCUT2D eigenvalue weighted by Crippen LogP contribution is -2.39. The summed E-state index contributed by atoms with van der Waals surface area (Å²) in [6.07, 6.45) is 7.56. The van der Waals surface area contributed by atoms with Gasteiger partial charge in [-0.3, -0.25) is 14.6 Å². The maximum absolute atomic E-state index is 13.1. The van der Waals surface area contributed by atoms with Gasteiger partial charge < -0.3 is 10.6 Å². The molecule has 1 aliphatic heterocycles. The van der Waals surface area contributed by atoms with Gasteiger partial charge >= 0.3 is 0 Å². The van der Waals surface area contributed by atoms with Crippen LogP contribution in [0.1, 0.15) is 58.4 Å². The van der Waals surface area contributed by atoms with Gasteiger partial charge in [-0.15, -0.1) is 0 Å². The Bertz CT molecular complexity index is 1250. The number of nitrogens with zero attached hydrogens (tertiary/aromatic N) is 1. The molecular formula is C28H27N3O2. The van der Waals surface area contributed by atoms with E-state index in [-0.39, 0.29) is 17.2 Å². The molecule has 2 N–H and O–H groups in total. The Balaban J connectivity index is 1.22. The number of hydrogen-bond acceptors (Lipinski definition) is 3. The van der Waals surface area contributed by atoms with Crippen molar-refractivity contribution in [1.82, 2.24) is 10.3 Å². The van der Waals surface area contributed by atoms with E-state index < -0.39 is 5.41 Å². The Morgan fingerprint density at radius 1 is 0.970 bits per heavy atom. The molecule has 33 heavy (non-hydrogen) atoms. The molecule has 166 valence electrons. The molecule has 6 rings (SSSR count). The normalized spacial score (nSPS) is 22.1. The first kappa shape index (κ1) is 20.2. The second-order valence-electron chi connectivity index (χ2n) is 9.81. The number of fused-ring (bicyclic) bond motifs is 3. The van der Waals surface area contributed by atoms with Gasteiger partial charge in [0.25, 0.3) is 5.91 Å². The summed E-state index contributed by atoms with van der Waals surface area (Å²) in [5, 5.41) is 6.21. The van der Waals surface area contributed by atoms with Gasteiger partial charge in [-0.1, -0.05) is 61.4 Å². The lowest BCUT2D eigenvalue weighted by Gasteiger charge is -2.30. The number of amides is 2. The van der Waals surface area contributed by atoms with Crippen molar-refractivity contribution in [2.24, 2.45) is 0 Å². The summed E-state index contributed by atoms with van der Waals surface area (Å²) in [7, 11) is 0. The number of carbonyl (C=O) groups is 2. The molecule has 0 saturated heterocycles. The van der Waals surface area contributed by atoms with Crippen LogP contribution in [0.15, 0.2) is 66.9 Å². The number of rotatable bonds is 4. The fourth-order valence-electron chi connectivity index (χ4n) is 6.16. The lowest BCUT2D eigenvalue weighted by molar-refractivity contribution is -0.120. The van der Waals surface area contributed by atoms with Crippen LogP contribution in [0.5, 0.6) is 0 Å². The summed E-state index contributed by atoms with van der Waals surface area (Å²) in [4.78, 5) is 30.5. The molecule has 5 nitrogen and oxygen atoms in total. The molecule has 1 saturated carbocycles. The fraction of sp³-hybridized carbons (Fsp3) is 0.321. The van der Waals surface area contributed by atoms with Gasteiger partial charge in [0.15, 0.2) is 0 Å². The molecule has 2 amide bonds. The van der Waals surface area contributed by atoms with Crippen LogP contribution in [0.25, 0.3) is 0 Å². The van der Waals surface area contributed by atoms with Gasteiger partial charge in [0.1, 0.15) is 5.69 Å². The maximum atomic E-state index is 13.1. The molecule has 3 aromatic rings. The van der Waals surface area contributed by atoms with E-state index in [4.69, 9.17) is 0 Å². The fourth-order valence-corrected chi connectivity index (χ4v) is 6.16. The van der Waals surface area contributed by atoms with Gasteiger partial charge in [0.05, 0.1) is 5.41 Å². The topological polar surface area (TPSA) is 71.1 Å². The number of aromatic nitrogens is 1. The van der Waals surface area contributed by atoms with Crippen molar-refractivity contribution < 1.29 is 9.59 Å². The predicted octanol–water partition coefficient (Wildman–Crippen LogP) is 4.31. The minimum absolute atomic E-state index is 0.00333. The number of hydrogen-bond donors (Lipinski definition) is 2. The zero-order valence-electron chi connectivity index (χ0n) is 18.6. The second-order valence-corrected chi connectivity index (χ2v) is 9.81. The molecule has 0 radical (unpaired) electrons. The summed E-state index contributed by atoms with van der Waals surface area (Å²) in [5.41, 5.74) is 5.18. The summed E-state index contributed by atoms with van der Waals surface area (Å²) in [5.74, 6) is -0.103. The zero-order chi connectivity index (χ0) is 22.5. The van der Waals surface area contributed by atoms with E-state index in [2.05, 4.69) is 39.9 Å². The third kappa shape index (κ3) is 3.17. The van der Waals surface area contributed by atoms with Crippen LogP contribution in [0, 0.1) is 0 Å². The first-order valence-corrected chi connectivity index (χ1v) is 11.8. The molecule has 2 aliphatic carbocycles. The van der Waals surface area contributed by atoms with Crippen molar-refractivity contribution in [2.75, 3.05) is 11.9 Å². The van der Waals surface area contributed by atoms with Crippen molar-refractivity contribution in [1.29, 1.82) is 0 Å². The largest absolute Gasteiger partial charge is 0.350 e. The van der Waals surface area contributed by atoms with Crippen LogP contribution in [-0.4, -0.2) is 23.3 Å². The third-order valence-corrected chi connectivity index (χ3v) is 7.96. The highest BCUT2D eigenvalue weighted by Crippen LogP contribution is 2.47. The molecule has 1 spiro atoms. The van der Waals surface area contributed by atoms with Crippen LogP contribution in [-0.2, 0) is 28.5 Å². The predicted molar refractivity (Wildman–Crippen MR) is 127 cm³/mol. The van der Waals surface area contributed by atoms with Crippen molar-refractivity contribution in [3.63, 3.8) is 0 Å². The van der Waals surface area contributed by atoms with Gasteiger partial charge in [0.2, 0.25) is 5.91 Å². The van der Waals surface area contributed by atoms with Gasteiger partial charge in [-0.25, -0.2) is 0 Å². The number of nitrogens with one attached hydrogen (secondary N) is 2. The molecule has 0 bridgehead atoms. The highest BCUT2D eigenvalue weighted by Gasteiger charge is 2.50. The van der Waals surface area contributed by atoms with Crippen molar-refractivity contribution in [2.45, 2.75) is 49.4 Å². The minimum Gasteiger partial charge on any atom is -0.350 e. The van der Waals surface area contributed by atoms with Gasteiger partial charge in [-0.2, -0.15) is 0 Å². The quantitative estimate of drug-likeness (QED) is 0.639. The van der Waals surface area contributed by atoms with Crippen molar-refractivity contribution in [3.05, 3.63) is 94.8 Å². The van der Waals surface area contributed by atoms with Gasteiger partial charge in [-0.05, 0) is 60.1 Å². The molecular weight excluding hydrogens is 410 g/mol. The van der Waals surface area contributed by atoms with Crippen LogP contribution in [0.2, 0.25) is 0 Å². The Morgan fingerprint density at radius 3 is 2.52 bits per heavy atom. The van der Waals surface area contributed by atoms with E-state index in [1.807, 2.05) is 36.4 Å². The van der Waals surface area contributed by atoms with E-state index in [1.54, 1.807) is 6.20 Å². The Morgan fingerprint density at radius 2 is 1.70 bits per heavy atom. The highest BCUT2D eigenvalue weighted by molar-refractivity contribution is 6.07. The van der Waals surface area contributed by atoms with Gasteiger partial charge in [0, 0.05) is 23.8 Å². The number of para-hydroxylation sites is 1. The molecule has 2 heterocycles. The van der Waals surface area contributed by atoms with E-state index in [0.29, 0.717) is 25.1 Å². The number of carbonyl (C=O) groups excluding carboxylic acids is 2. The first-order chi connectivity index (χ1) is 16.1. The summed E-state index contributed by atoms with van der Waals surface area (Å²) >= 11 is 0. The van der Waals surface area contributed by atoms with Crippen LogP contribution in [0.3, 0.4) is 0 Å². The molecule has 2 aromatic carbocycles. The molecule has 1 fully saturated rings. The van der Waals surface area contributed by atoms with Crippen LogP contribution < -0.4 is 10.6 Å². The number of pyridine rings is 1.